The minimum atomic E-state index is -0.0943. The smallest absolute Gasteiger partial charge is 0.0547 e. The lowest BCUT2D eigenvalue weighted by Crippen LogP contribution is -2.16. The first-order valence-corrected chi connectivity index (χ1v) is 23.6. The predicted molar refractivity (Wildman–Crippen MR) is 287 cm³/mol. The van der Waals surface area contributed by atoms with Gasteiger partial charge < -0.3 is 14.7 Å². The molecule has 322 valence electrons. The molecule has 0 fully saturated rings. The Labute approximate surface area is 398 Å². The number of para-hydroxylation sites is 3. The van der Waals surface area contributed by atoms with Crippen LogP contribution in [-0.2, 0) is 5.41 Å². The SMILES string of the molecule is CC1(C)c2ccccc2-c2ccc(N(c3ccccc3)c3ccc(-c4ccc5c(c4)N(c4ccccc4)c4cccc6c(N(c7ccccc7)c7ccc8ccccc8c7)ccc-5c46)cc3)cc21. The van der Waals surface area contributed by atoms with Gasteiger partial charge in [0.05, 0.1) is 17.1 Å². The summed E-state index contributed by atoms with van der Waals surface area (Å²) in [6.45, 7) is 4.70. The van der Waals surface area contributed by atoms with Crippen LogP contribution in [-0.4, -0.2) is 0 Å². The molecule has 1 aliphatic carbocycles. The van der Waals surface area contributed by atoms with Gasteiger partial charge in [-0.2, -0.15) is 0 Å². The second-order valence-corrected chi connectivity index (χ2v) is 18.6. The van der Waals surface area contributed by atoms with Crippen molar-refractivity contribution < 1.29 is 0 Å². The Kier molecular flexibility index (Phi) is 9.19. The lowest BCUT2D eigenvalue weighted by Gasteiger charge is -2.35. The number of fused-ring (bicyclic) bond motifs is 6. The molecular weight excluding hydrogens is 823 g/mol. The highest BCUT2D eigenvalue weighted by molar-refractivity contribution is 6.18. The van der Waals surface area contributed by atoms with Crippen LogP contribution in [0.1, 0.15) is 25.0 Å². The monoisotopic (exact) mass is 869 g/mol. The summed E-state index contributed by atoms with van der Waals surface area (Å²) in [5, 5.41) is 4.88. The van der Waals surface area contributed by atoms with Crippen LogP contribution in [0.25, 0.3) is 54.9 Å². The van der Waals surface area contributed by atoms with Gasteiger partial charge in [-0.1, -0.05) is 172 Å². The van der Waals surface area contributed by atoms with Gasteiger partial charge in [-0.25, -0.2) is 0 Å². The van der Waals surface area contributed by atoms with E-state index >= 15 is 0 Å². The van der Waals surface area contributed by atoms with E-state index in [2.05, 4.69) is 277 Å². The van der Waals surface area contributed by atoms with Gasteiger partial charge in [0, 0.05) is 55.9 Å². The van der Waals surface area contributed by atoms with Gasteiger partial charge in [0.1, 0.15) is 0 Å². The third-order valence-corrected chi connectivity index (χ3v) is 14.3. The van der Waals surface area contributed by atoms with Crippen LogP contribution >= 0.6 is 0 Å². The third-order valence-electron chi connectivity index (χ3n) is 14.3. The molecule has 0 saturated carbocycles. The first kappa shape index (κ1) is 39.7. The number of rotatable bonds is 8. The number of benzene rings is 11. The summed E-state index contributed by atoms with van der Waals surface area (Å²) < 4.78 is 0. The Morgan fingerprint density at radius 3 is 1.69 bits per heavy atom. The Morgan fingerprint density at radius 2 is 0.912 bits per heavy atom. The standard InChI is InChI=1S/C65H47N3/c1-65(2)59-27-15-14-25-54(59)55-38-36-53(43-60(55)65)66(48-19-6-3-7-20-48)51-33-29-45(30-34-51)47-32-37-56-57-39-40-61(58-26-16-28-62(64(57)58)68(63(56)42-47)50-23-10-5-11-24-50)67(49-21-8-4-9-22-49)52-35-31-44-17-12-13-18-46(44)41-52/h3-43H,1-2H3. The summed E-state index contributed by atoms with van der Waals surface area (Å²) in [7, 11) is 0. The van der Waals surface area contributed by atoms with Crippen LogP contribution in [0.5, 0.6) is 0 Å². The van der Waals surface area contributed by atoms with Gasteiger partial charge in [-0.05, 0) is 141 Å². The minimum absolute atomic E-state index is 0.0943. The maximum Gasteiger partial charge on any atom is 0.0547 e. The Balaban J connectivity index is 0.922. The molecule has 1 aliphatic heterocycles. The molecule has 0 unspecified atom stereocenters. The van der Waals surface area contributed by atoms with Crippen LogP contribution in [0.3, 0.4) is 0 Å². The summed E-state index contributed by atoms with van der Waals surface area (Å²) in [6.07, 6.45) is 0. The van der Waals surface area contributed by atoms with E-state index in [9.17, 15) is 0 Å². The van der Waals surface area contributed by atoms with Crippen molar-refractivity contribution in [2.75, 3.05) is 14.7 Å². The molecule has 0 N–H and O–H groups in total. The highest BCUT2D eigenvalue weighted by Crippen LogP contribution is 2.55. The van der Waals surface area contributed by atoms with Crippen molar-refractivity contribution in [1.29, 1.82) is 0 Å². The lowest BCUT2D eigenvalue weighted by molar-refractivity contribution is 0.660. The third kappa shape index (κ3) is 6.35. The van der Waals surface area contributed by atoms with Crippen LogP contribution in [0.15, 0.2) is 249 Å². The molecule has 2 aliphatic rings. The molecule has 0 saturated heterocycles. The van der Waals surface area contributed by atoms with Crippen molar-refractivity contribution in [3.63, 3.8) is 0 Å². The molecule has 13 rings (SSSR count). The Bertz CT molecular complexity index is 3710. The summed E-state index contributed by atoms with van der Waals surface area (Å²) in [5.41, 5.74) is 20.3. The maximum atomic E-state index is 2.46. The number of hydrogen-bond donors (Lipinski definition) is 0. The first-order valence-electron chi connectivity index (χ1n) is 23.6. The lowest BCUT2D eigenvalue weighted by atomic mass is 9.82. The van der Waals surface area contributed by atoms with E-state index in [-0.39, 0.29) is 5.41 Å². The van der Waals surface area contributed by atoms with E-state index in [0.717, 1.165) is 56.7 Å². The van der Waals surface area contributed by atoms with E-state index in [1.54, 1.807) is 0 Å². The van der Waals surface area contributed by atoms with Crippen LogP contribution < -0.4 is 14.7 Å². The molecule has 0 radical (unpaired) electrons. The van der Waals surface area contributed by atoms with Crippen LogP contribution in [0, 0.1) is 0 Å². The van der Waals surface area contributed by atoms with Gasteiger partial charge in [-0.15, -0.1) is 0 Å². The summed E-state index contributed by atoms with van der Waals surface area (Å²) in [6, 6.07) is 91.1. The van der Waals surface area contributed by atoms with Crippen molar-refractivity contribution in [3.8, 4) is 33.4 Å². The molecule has 3 heteroatoms. The van der Waals surface area contributed by atoms with Gasteiger partial charge in [0.15, 0.2) is 0 Å². The largest absolute Gasteiger partial charge is 0.310 e. The fraction of sp³-hybridized carbons (Fsp3) is 0.0462. The van der Waals surface area contributed by atoms with Crippen LogP contribution in [0.4, 0.5) is 51.2 Å². The molecule has 11 aromatic rings. The van der Waals surface area contributed by atoms with E-state index in [1.165, 1.54) is 60.5 Å². The average Bonchev–Trinajstić information content (AvgIpc) is 3.63. The zero-order chi connectivity index (χ0) is 45.3. The number of anilines is 9. The van der Waals surface area contributed by atoms with Crippen molar-refractivity contribution in [2.24, 2.45) is 0 Å². The second-order valence-electron chi connectivity index (χ2n) is 18.6. The van der Waals surface area contributed by atoms with E-state index in [0.29, 0.717) is 0 Å². The number of nitrogens with zero attached hydrogens (tertiary/aromatic N) is 3. The van der Waals surface area contributed by atoms with E-state index in [1.807, 2.05) is 0 Å². The molecule has 0 bridgehead atoms. The fourth-order valence-electron chi connectivity index (χ4n) is 11.1. The van der Waals surface area contributed by atoms with E-state index < -0.39 is 0 Å². The first-order chi connectivity index (χ1) is 33.5. The summed E-state index contributed by atoms with van der Waals surface area (Å²) in [5.74, 6) is 0. The predicted octanol–water partition coefficient (Wildman–Crippen LogP) is 18.4. The maximum absolute atomic E-state index is 2.46. The van der Waals surface area contributed by atoms with Gasteiger partial charge in [0.25, 0.3) is 0 Å². The van der Waals surface area contributed by atoms with Gasteiger partial charge in [0.2, 0.25) is 0 Å². The van der Waals surface area contributed by atoms with Crippen molar-refractivity contribution in [3.05, 3.63) is 260 Å². The zero-order valence-corrected chi connectivity index (χ0v) is 38.0. The zero-order valence-electron chi connectivity index (χ0n) is 38.0. The molecule has 68 heavy (non-hydrogen) atoms. The molecular formula is C65H47N3. The van der Waals surface area contributed by atoms with Gasteiger partial charge >= 0.3 is 0 Å². The molecule has 0 amide bonds. The van der Waals surface area contributed by atoms with Crippen molar-refractivity contribution in [2.45, 2.75) is 19.3 Å². The molecule has 1 heterocycles. The Morgan fingerprint density at radius 1 is 0.338 bits per heavy atom. The van der Waals surface area contributed by atoms with Crippen molar-refractivity contribution in [1.82, 2.24) is 0 Å². The molecule has 0 spiro atoms. The normalized spacial score (nSPS) is 12.9. The highest BCUT2D eigenvalue weighted by Gasteiger charge is 2.36. The topological polar surface area (TPSA) is 9.72 Å². The van der Waals surface area contributed by atoms with Crippen LogP contribution in [0.2, 0.25) is 0 Å². The quantitative estimate of drug-likeness (QED) is 0.151. The minimum Gasteiger partial charge on any atom is -0.310 e. The Hall–Kier alpha value is -8.66. The molecule has 3 nitrogen and oxygen atoms in total. The molecule has 11 aromatic carbocycles. The van der Waals surface area contributed by atoms with Crippen molar-refractivity contribution >= 4 is 72.7 Å². The summed E-state index contributed by atoms with van der Waals surface area (Å²) >= 11 is 0. The number of hydrogen-bond acceptors (Lipinski definition) is 3. The fourth-order valence-corrected chi connectivity index (χ4v) is 11.1. The van der Waals surface area contributed by atoms with E-state index in [4.69, 9.17) is 0 Å². The van der Waals surface area contributed by atoms with Gasteiger partial charge in [-0.3, -0.25) is 0 Å². The average molecular weight is 870 g/mol. The summed E-state index contributed by atoms with van der Waals surface area (Å²) in [4.78, 5) is 7.26. The molecule has 0 atom stereocenters. The second kappa shape index (κ2) is 15.8. The highest BCUT2D eigenvalue weighted by atomic mass is 15.2. The molecule has 0 aromatic heterocycles.